The van der Waals surface area contributed by atoms with E-state index in [-0.39, 0.29) is 49.7 Å². The summed E-state index contributed by atoms with van der Waals surface area (Å²) in [5.74, 6) is -5.74. The molecule has 71 heavy (non-hydrogen) atoms. The highest BCUT2D eigenvalue weighted by atomic mass is 33.1. The maximum Gasteiger partial charge on any atom is 0.245 e. The van der Waals surface area contributed by atoms with Crippen LogP contribution in [0.5, 0.6) is 0 Å². The molecule has 3 aromatic carbocycles. The Morgan fingerprint density at radius 3 is 1.96 bits per heavy atom. The summed E-state index contributed by atoms with van der Waals surface area (Å²) in [6, 6.07) is 15.5. The van der Waals surface area contributed by atoms with Gasteiger partial charge < -0.3 is 63.9 Å². The molecule has 9 atom stereocenters. The zero-order valence-corrected chi connectivity index (χ0v) is 41.9. The van der Waals surface area contributed by atoms with E-state index in [1.165, 1.54) is 6.92 Å². The topological polar surface area (TPSA) is 312 Å². The molecule has 4 aromatic rings. The molecule has 14 N–H and O–H groups in total. The fourth-order valence-corrected chi connectivity index (χ4v) is 10.2. The molecule has 384 valence electrons. The first-order chi connectivity index (χ1) is 34.1. The van der Waals surface area contributed by atoms with Crippen molar-refractivity contribution in [1.82, 2.24) is 42.2 Å². The monoisotopic (exact) mass is 1020 g/mol. The fraction of sp³-hybridized carbons (Fsp3) is 0.460. The quantitative estimate of drug-likeness (QED) is 0.0507. The van der Waals surface area contributed by atoms with Gasteiger partial charge in [-0.3, -0.25) is 33.6 Å². The number of fused-ring (bicyclic) bond motifs is 1. The Morgan fingerprint density at radius 2 is 1.31 bits per heavy atom. The minimum atomic E-state index is -1.61. The van der Waals surface area contributed by atoms with Gasteiger partial charge in [-0.25, -0.2) is 0 Å². The molecular formula is C50H68N10O9S2. The molecule has 2 heterocycles. The number of aliphatic hydroxyl groups is 2. The number of nitrogens with two attached hydrogens (primary N) is 2. The molecule has 5 rings (SSSR count). The van der Waals surface area contributed by atoms with E-state index in [4.69, 9.17) is 11.5 Å². The summed E-state index contributed by atoms with van der Waals surface area (Å²) in [5, 5.41) is 41.0. The lowest BCUT2D eigenvalue weighted by Crippen LogP contribution is -2.62. The van der Waals surface area contributed by atoms with Crippen molar-refractivity contribution in [2.75, 3.05) is 24.7 Å². The molecule has 1 aliphatic rings. The summed E-state index contributed by atoms with van der Waals surface area (Å²) >= 11 is 0. The molecule has 0 spiro atoms. The maximum absolute atomic E-state index is 14.7. The van der Waals surface area contributed by atoms with E-state index in [0.717, 1.165) is 38.1 Å². The van der Waals surface area contributed by atoms with Crippen LogP contribution in [0.2, 0.25) is 0 Å². The number of aromatic amines is 1. The number of hydrogen-bond donors (Lipinski definition) is 12. The number of aromatic nitrogens is 1. The minimum Gasteiger partial charge on any atom is -0.394 e. The average molecular weight is 1020 g/mol. The van der Waals surface area contributed by atoms with Gasteiger partial charge in [0.25, 0.3) is 0 Å². The van der Waals surface area contributed by atoms with E-state index in [2.05, 4.69) is 42.2 Å². The van der Waals surface area contributed by atoms with Crippen LogP contribution in [0.4, 0.5) is 0 Å². The molecule has 1 aliphatic heterocycles. The highest BCUT2D eigenvalue weighted by molar-refractivity contribution is 8.76. The van der Waals surface area contributed by atoms with E-state index >= 15 is 0 Å². The third-order valence-corrected chi connectivity index (χ3v) is 14.5. The molecule has 7 amide bonds. The number of H-pyrrole nitrogens is 1. The first kappa shape index (κ1) is 56.0. The number of hydrogen-bond acceptors (Lipinski definition) is 13. The van der Waals surface area contributed by atoms with Gasteiger partial charge in [0.1, 0.15) is 36.3 Å². The summed E-state index contributed by atoms with van der Waals surface area (Å²) in [4.78, 5) is 103. The van der Waals surface area contributed by atoms with Crippen LogP contribution in [0, 0.1) is 5.92 Å². The first-order valence-corrected chi connectivity index (χ1v) is 26.3. The van der Waals surface area contributed by atoms with Gasteiger partial charge >= 0.3 is 0 Å². The molecule has 0 unspecified atom stereocenters. The summed E-state index contributed by atoms with van der Waals surface area (Å²) in [6.07, 6.45) is 1.21. The van der Waals surface area contributed by atoms with Crippen molar-refractivity contribution in [3.05, 3.63) is 108 Å². The van der Waals surface area contributed by atoms with Crippen molar-refractivity contribution < 1.29 is 43.8 Å². The Labute approximate surface area is 421 Å². The average Bonchev–Trinajstić information content (AvgIpc) is 3.76. The van der Waals surface area contributed by atoms with Crippen LogP contribution < -0.4 is 48.7 Å². The van der Waals surface area contributed by atoms with Crippen molar-refractivity contribution in [2.24, 2.45) is 17.4 Å². The minimum absolute atomic E-state index is 0.0253. The Kier molecular flexibility index (Phi) is 22.2. The molecule has 1 aromatic heterocycles. The second-order valence-electron chi connectivity index (χ2n) is 18.0. The number of para-hydroxylation sites is 1. The van der Waals surface area contributed by atoms with E-state index in [1.807, 2.05) is 54.6 Å². The zero-order valence-electron chi connectivity index (χ0n) is 40.2. The number of amides is 7. The number of benzene rings is 3. The predicted molar refractivity (Wildman–Crippen MR) is 275 cm³/mol. The number of carbonyl (C=O) groups excluding carboxylic acids is 7. The van der Waals surface area contributed by atoms with Crippen LogP contribution >= 0.6 is 21.6 Å². The largest absolute Gasteiger partial charge is 0.394 e. The van der Waals surface area contributed by atoms with E-state index in [0.29, 0.717) is 24.0 Å². The summed E-state index contributed by atoms with van der Waals surface area (Å²) in [5.41, 5.74) is 15.1. The number of aliphatic hydroxyl groups excluding tert-OH is 2. The molecule has 1 fully saturated rings. The number of nitrogens with one attached hydrogen (secondary N) is 8. The first-order valence-electron chi connectivity index (χ1n) is 23.8. The molecule has 0 saturated carbocycles. The Bertz CT molecular complexity index is 2390. The van der Waals surface area contributed by atoms with Crippen molar-refractivity contribution in [3.8, 4) is 0 Å². The third-order valence-electron chi connectivity index (χ3n) is 12.1. The third kappa shape index (κ3) is 17.1. The molecule has 0 aliphatic carbocycles. The van der Waals surface area contributed by atoms with E-state index < -0.39 is 102 Å². The van der Waals surface area contributed by atoms with Crippen molar-refractivity contribution >= 4 is 73.8 Å². The highest BCUT2D eigenvalue weighted by Gasteiger charge is 2.36. The van der Waals surface area contributed by atoms with Gasteiger partial charge in [0.15, 0.2) is 0 Å². The van der Waals surface area contributed by atoms with Crippen LogP contribution in [-0.2, 0) is 52.8 Å². The number of unbranched alkanes of at least 4 members (excludes halogenated alkanes) is 1. The Balaban J connectivity index is 1.56. The van der Waals surface area contributed by atoms with Gasteiger partial charge in [-0.05, 0) is 67.8 Å². The number of carbonyl (C=O) groups is 7. The molecule has 19 nitrogen and oxygen atoms in total. The zero-order chi connectivity index (χ0) is 51.5. The van der Waals surface area contributed by atoms with Crippen LogP contribution in [-0.4, -0.2) is 136 Å². The summed E-state index contributed by atoms with van der Waals surface area (Å²) in [6.45, 7) is 4.76. The van der Waals surface area contributed by atoms with Crippen LogP contribution in [0.3, 0.4) is 0 Å². The van der Waals surface area contributed by atoms with Gasteiger partial charge in [-0.15, -0.1) is 0 Å². The molecule has 21 heteroatoms. The molecule has 0 radical (unpaired) electrons. The lowest BCUT2D eigenvalue weighted by Gasteiger charge is -2.29. The van der Waals surface area contributed by atoms with E-state index in [1.54, 1.807) is 50.4 Å². The SMILES string of the molecule is CC(C)[C@@H](CO)NC(=O)[C@@H]1CSSC[C@H](NC(=O)[C@H](N)Cc2ccccc2)C(=O)N[C@@H](Cc2ccccc2)C(=O)N[C@H](Cc2c[nH]c3ccccc23)C(=O)N[C@@H](CCCCN)C(=O)N[C@@H]([C@@H](C)O)C(=O)N1. The van der Waals surface area contributed by atoms with Crippen molar-refractivity contribution in [3.63, 3.8) is 0 Å². The summed E-state index contributed by atoms with van der Waals surface area (Å²) < 4.78 is 0. The summed E-state index contributed by atoms with van der Waals surface area (Å²) in [7, 11) is 2.17. The number of rotatable bonds is 17. The molecular weight excluding hydrogens is 949 g/mol. The standard InChI is InChI=1S/C50H68N10O9S2/c1-29(2)40(26-61)57-49(68)42-28-71-70-27-41(58-44(63)35(52)22-31-14-6-4-7-15-31)48(67)55-38(23-32-16-8-5-9-17-32)46(65)56-39(24-33-25-53-36-19-11-10-18-34(33)36)47(66)54-37(20-12-13-21-51)45(64)60-43(30(3)62)50(69)59-42/h4-11,14-19,25,29-30,35,37-43,53,61-62H,12-13,20-24,26-28,51-52H2,1-3H3,(H,54,66)(H,55,67)(H,56,65)(H,57,68)(H,58,63)(H,59,69)(H,60,64)/t30-,35-,37+,38+,39-,40-,41+,42+,43+/m1/s1. The van der Waals surface area contributed by atoms with Gasteiger partial charge in [0.2, 0.25) is 41.4 Å². The second-order valence-corrected chi connectivity index (χ2v) is 20.5. The maximum atomic E-state index is 14.7. The fourth-order valence-electron chi connectivity index (χ4n) is 7.83. The second kappa shape index (κ2) is 28.2. The Hall–Kier alpha value is -5.97. The van der Waals surface area contributed by atoms with Gasteiger partial charge in [-0.2, -0.15) is 0 Å². The normalized spacial score (nSPS) is 22.5. The van der Waals surface area contributed by atoms with Crippen LogP contribution in [0.15, 0.2) is 91.1 Å². The Morgan fingerprint density at radius 1 is 0.718 bits per heavy atom. The van der Waals surface area contributed by atoms with Gasteiger partial charge in [0, 0.05) is 41.4 Å². The van der Waals surface area contributed by atoms with Crippen molar-refractivity contribution in [1.29, 1.82) is 0 Å². The van der Waals surface area contributed by atoms with Crippen molar-refractivity contribution in [2.45, 2.75) is 114 Å². The lowest BCUT2D eigenvalue weighted by molar-refractivity contribution is -0.136. The lowest BCUT2D eigenvalue weighted by atomic mass is 10.0. The molecule has 1 saturated heterocycles. The molecule has 0 bridgehead atoms. The van der Waals surface area contributed by atoms with Gasteiger partial charge in [-0.1, -0.05) is 114 Å². The smallest absolute Gasteiger partial charge is 0.245 e. The highest BCUT2D eigenvalue weighted by Crippen LogP contribution is 2.24. The van der Waals surface area contributed by atoms with E-state index in [9.17, 15) is 43.8 Å². The predicted octanol–water partition coefficient (Wildman–Crippen LogP) is 0.470. The van der Waals surface area contributed by atoms with Crippen LogP contribution in [0.25, 0.3) is 10.9 Å². The van der Waals surface area contributed by atoms with Crippen LogP contribution in [0.1, 0.15) is 56.7 Å². The van der Waals surface area contributed by atoms with Gasteiger partial charge in [0.05, 0.1) is 24.8 Å².